The number of benzene rings is 1. The van der Waals surface area contributed by atoms with E-state index in [4.69, 9.17) is 21.2 Å². The maximum atomic E-state index is 13.3. The first-order chi connectivity index (χ1) is 9.73. The summed E-state index contributed by atoms with van der Waals surface area (Å²) in [5.41, 5.74) is 0.525. The normalized spacial score (nSPS) is 22.0. The largest absolute Gasteiger partial charge is 0.422 e. The summed E-state index contributed by atoms with van der Waals surface area (Å²) in [7, 11) is 4.43. The van der Waals surface area contributed by atoms with Crippen LogP contribution >= 0.6 is 11.6 Å². The number of nitrogens with zero attached hydrogens (tertiary/aromatic N) is 1. The highest BCUT2D eigenvalue weighted by atomic mass is 35.5. The smallest absolute Gasteiger partial charge is 0.380 e. The number of rotatable bonds is 3. The lowest BCUT2D eigenvalue weighted by molar-refractivity contribution is -0.142. The minimum Gasteiger partial charge on any atom is -0.380 e. The molecular formula is C14H16ClF3NO2+. The van der Waals surface area contributed by atoms with E-state index in [-0.39, 0.29) is 5.69 Å². The Balaban J connectivity index is 2.70. The summed E-state index contributed by atoms with van der Waals surface area (Å²) in [6.45, 7) is 0.309. The molecule has 1 atom stereocenters. The molecule has 0 amide bonds. The van der Waals surface area contributed by atoms with Gasteiger partial charge in [-0.25, -0.2) is 0 Å². The fourth-order valence-corrected chi connectivity index (χ4v) is 2.84. The number of ether oxygens (including phenoxy) is 1. The Bertz CT molecular complexity index is 586. The van der Waals surface area contributed by atoms with Gasteiger partial charge in [-0.1, -0.05) is 11.6 Å². The zero-order valence-corrected chi connectivity index (χ0v) is 12.7. The van der Waals surface area contributed by atoms with Gasteiger partial charge in [0.25, 0.3) is 0 Å². The van der Waals surface area contributed by atoms with Gasteiger partial charge in [0.05, 0.1) is 18.7 Å². The summed E-state index contributed by atoms with van der Waals surface area (Å²) in [4.78, 5) is 5.32. The molecule has 0 saturated heterocycles. The van der Waals surface area contributed by atoms with E-state index in [1.807, 2.05) is 0 Å². The van der Waals surface area contributed by atoms with Crippen LogP contribution in [-0.2, 0) is 22.2 Å². The minimum absolute atomic E-state index is 0.0253. The maximum Gasteiger partial charge on any atom is 0.422 e. The zero-order chi connectivity index (χ0) is 15.8. The van der Waals surface area contributed by atoms with Crippen LogP contribution in [0.1, 0.15) is 11.1 Å². The molecule has 0 aromatic heterocycles. The molecule has 0 N–H and O–H groups in total. The van der Waals surface area contributed by atoms with Gasteiger partial charge in [-0.2, -0.15) is 18.0 Å². The molecule has 1 aromatic carbocycles. The Morgan fingerprint density at radius 3 is 2.48 bits per heavy atom. The van der Waals surface area contributed by atoms with Crippen molar-refractivity contribution in [3.8, 4) is 0 Å². The molecule has 0 bridgehead atoms. The van der Waals surface area contributed by atoms with Crippen LogP contribution in [0.3, 0.4) is 0 Å². The molecule has 0 aliphatic carbocycles. The molecule has 1 aliphatic heterocycles. The highest BCUT2D eigenvalue weighted by Gasteiger charge is 2.45. The summed E-state index contributed by atoms with van der Waals surface area (Å²) < 4.78 is 44.5. The molecule has 21 heavy (non-hydrogen) atoms. The van der Waals surface area contributed by atoms with Crippen LogP contribution in [0.5, 0.6) is 0 Å². The molecule has 116 valence electrons. The van der Waals surface area contributed by atoms with Crippen molar-refractivity contribution in [2.45, 2.75) is 12.6 Å². The number of alkyl halides is 3. The lowest BCUT2D eigenvalue weighted by Gasteiger charge is -2.34. The highest BCUT2D eigenvalue weighted by Crippen LogP contribution is 2.46. The van der Waals surface area contributed by atoms with Gasteiger partial charge in [-0.15, -0.1) is 4.65 Å². The summed E-state index contributed by atoms with van der Waals surface area (Å²) in [5.74, 6) is 0. The van der Waals surface area contributed by atoms with Crippen molar-refractivity contribution in [3.63, 3.8) is 0 Å². The van der Waals surface area contributed by atoms with Crippen LogP contribution in [0, 0.1) is 0 Å². The molecule has 7 heteroatoms. The minimum atomic E-state index is -4.47. The molecular weight excluding hydrogens is 307 g/mol. The number of hydroxylamine groups is 2. The number of hydrogen-bond donors (Lipinski definition) is 0. The maximum absolute atomic E-state index is 13.3. The zero-order valence-electron chi connectivity index (χ0n) is 11.9. The van der Waals surface area contributed by atoms with Gasteiger partial charge in [0.1, 0.15) is 18.8 Å². The second kappa shape index (κ2) is 5.61. The van der Waals surface area contributed by atoms with Gasteiger partial charge in [0, 0.05) is 24.7 Å². The van der Waals surface area contributed by atoms with E-state index < -0.39 is 16.4 Å². The molecule has 0 fully saturated rings. The second-order valence-electron chi connectivity index (χ2n) is 4.99. The van der Waals surface area contributed by atoms with Crippen molar-refractivity contribution in [2.75, 3.05) is 27.9 Å². The molecule has 1 unspecified atom stereocenters. The summed E-state index contributed by atoms with van der Waals surface area (Å²) in [6.07, 6.45) is -2.54. The van der Waals surface area contributed by atoms with Crippen LogP contribution in [-0.4, -0.2) is 27.9 Å². The molecule has 0 saturated carbocycles. The van der Waals surface area contributed by atoms with Gasteiger partial charge in [0.15, 0.2) is 5.69 Å². The SMILES string of the molecule is COCC1=C[N+](C)(OC)c2c(C(F)(F)F)ccc(Cl)c2C1. The number of quaternary nitrogens is 1. The summed E-state index contributed by atoms with van der Waals surface area (Å²) in [5, 5.41) is 0.293. The van der Waals surface area contributed by atoms with E-state index in [0.29, 0.717) is 23.6 Å². The van der Waals surface area contributed by atoms with E-state index in [9.17, 15) is 13.2 Å². The van der Waals surface area contributed by atoms with E-state index in [0.717, 1.165) is 11.6 Å². The van der Waals surface area contributed by atoms with Crippen molar-refractivity contribution >= 4 is 17.3 Å². The van der Waals surface area contributed by atoms with Crippen LogP contribution in [0.25, 0.3) is 0 Å². The Kier molecular flexibility index (Phi) is 4.35. The fraction of sp³-hybridized carbons (Fsp3) is 0.429. The van der Waals surface area contributed by atoms with Gasteiger partial charge >= 0.3 is 6.18 Å². The van der Waals surface area contributed by atoms with Gasteiger partial charge in [0.2, 0.25) is 0 Å². The van der Waals surface area contributed by atoms with Crippen molar-refractivity contribution in [1.29, 1.82) is 0 Å². The predicted molar refractivity (Wildman–Crippen MR) is 74.8 cm³/mol. The monoisotopic (exact) mass is 322 g/mol. The topological polar surface area (TPSA) is 18.5 Å². The van der Waals surface area contributed by atoms with Crippen molar-refractivity contribution < 1.29 is 22.7 Å². The molecule has 3 nitrogen and oxygen atoms in total. The Hall–Kier alpha value is -1.08. The predicted octanol–water partition coefficient (Wildman–Crippen LogP) is 3.94. The van der Waals surface area contributed by atoms with Crippen LogP contribution < -0.4 is 4.65 Å². The third-order valence-corrected chi connectivity index (χ3v) is 3.87. The van der Waals surface area contributed by atoms with Gasteiger partial charge < -0.3 is 4.74 Å². The van der Waals surface area contributed by atoms with Crippen LogP contribution in [0.15, 0.2) is 23.9 Å². The van der Waals surface area contributed by atoms with Gasteiger partial charge in [-0.3, -0.25) is 0 Å². The molecule has 1 aliphatic rings. The third kappa shape index (κ3) is 2.94. The fourth-order valence-electron chi connectivity index (χ4n) is 2.62. The Morgan fingerprint density at radius 2 is 1.95 bits per heavy atom. The van der Waals surface area contributed by atoms with E-state index in [1.54, 1.807) is 13.2 Å². The molecule has 2 rings (SSSR count). The molecule has 1 aromatic rings. The first-order valence-electron chi connectivity index (χ1n) is 6.23. The first-order valence-corrected chi connectivity index (χ1v) is 6.61. The number of fused-ring (bicyclic) bond motifs is 1. The molecule has 0 radical (unpaired) electrons. The standard InChI is InChI=1S/C14H16ClF3NO2/c1-19(21-3)7-9(8-20-2)6-10-12(15)5-4-11(13(10)19)14(16,17)18/h4-5,7H,6,8H2,1-3H3/q+1. The first kappa shape index (κ1) is 16.3. The van der Waals surface area contributed by atoms with E-state index >= 15 is 0 Å². The van der Waals surface area contributed by atoms with E-state index in [2.05, 4.69) is 0 Å². The van der Waals surface area contributed by atoms with Gasteiger partial charge in [-0.05, 0) is 12.1 Å². The Labute approximate surface area is 126 Å². The highest BCUT2D eigenvalue weighted by molar-refractivity contribution is 6.31. The second-order valence-corrected chi connectivity index (χ2v) is 5.40. The van der Waals surface area contributed by atoms with Crippen molar-refractivity contribution in [1.82, 2.24) is 4.65 Å². The van der Waals surface area contributed by atoms with Crippen molar-refractivity contribution in [3.05, 3.63) is 40.1 Å². The number of hydrogen-bond acceptors (Lipinski definition) is 2. The molecule has 1 heterocycles. The van der Waals surface area contributed by atoms with Crippen LogP contribution in [0.4, 0.5) is 18.9 Å². The van der Waals surface area contributed by atoms with E-state index in [1.165, 1.54) is 20.3 Å². The summed E-state index contributed by atoms with van der Waals surface area (Å²) in [6, 6.07) is 2.27. The molecule has 0 spiro atoms. The number of methoxy groups -OCH3 is 1. The van der Waals surface area contributed by atoms with Crippen molar-refractivity contribution in [2.24, 2.45) is 0 Å². The Morgan fingerprint density at radius 1 is 1.29 bits per heavy atom. The van der Waals surface area contributed by atoms with Crippen LogP contribution in [0.2, 0.25) is 5.02 Å². The lowest BCUT2D eigenvalue weighted by atomic mass is 9.96. The lowest BCUT2D eigenvalue weighted by Crippen LogP contribution is -2.43. The number of halogens is 4. The quantitative estimate of drug-likeness (QED) is 0.785. The average molecular weight is 323 g/mol. The third-order valence-electron chi connectivity index (χ3n) is 3.52. The summed E-state index contributed by atoms with van der Waals surface area (Å²) >= 11 is 6.11. The average Bonchev–Trinajstić information content (AvgIpc) is 2.39.